The second-order valence-electron chi connectivity index (χ2n) is 2.80. The molecule has 15 heavy (non-hydrogen) atoms. The van der Waals surface area contributed by atoms with E-state index >= 15 is 0 Å². The highest BCUT2D eigenvalue weighted by Crippen LogP contribution is 2.36. The fourth-order valence-electron chi connectivity index (χ4n) is 0.971. The van der Waals surface area contributed by atoms with Crippen molar-refractivity contribution in [2.24, 2.45) is 0 Å². The van der Waals surface area contributed by atoms with Crippen LogP contribution in [0.15, 0.2) is 24.3 Å². The van der Waals surface area contributed by atoms with E-state index in [1.54, 1.807) is 0 Å². The highest BCUT2D eigenvalue weighted by Gasteiger charge is 2.31. The predicted molar refractivity (Wildman–Crippen MR) is 55.9 cm³/mol. The Morgan fingerprint density at radius 3 is 1.73 bits per heavy atom. The third-order valence-electron chi connectivity index (χ3n) is 1.80. The molecular weight excluding hydrogens is 268 g/mol. The molecule has 0 spiro atoms. The summed E-state index contributed by atoms with van der Waals surface area (Å²) in [5.74, 6) is 0. The van der Waals surface area contributed by atoms with Crippen LogP contribution in [-0.4, -0.2) is 10.5 Å². The fourth-order valence-corrected chi connectivity index (χ4v) is 1.46. The van der Waals surface area contributed by atoms with E-state index in [2.05, 4.69) is 0 Å². The monoisotopic (exact) mass is 274 g/mol. The van der Waals surface area contributed by atoms with Crippen LogP contribution < -0.4 is 0 Å². The maximum absolute atomic E-state index is 12.2. The van der Waals surface area contributed by atoms with Gasteiger partial charge in [0.15, 0.2) is 0 Å². The second kappa shape index (κ2) is 4.33. The van der Waals surface area contributed by atoms with Crippen molar-refractivity contribution >= 4 is 33.7 Å². The van der Waals surface area contributed by atoms with Gasteiger partial charge in [0.2, 0.25) is 4.52 Å². The standard InChI is InChI=1S/C8H7Cl2F3OSi/c9-7(10,14-15)5-1-3-6(4-2-5)8(11,12)13/h1-4H,15H3. The number of benzene rings is 1. The highest BCUT2D eigenvalue weighted by atomic mass is 35.5. The van der Waals surface area contributed by atoms with Crippen molar-refractivity contribution < 1.29 is 17.6 Å². The van der Waals surface area contributed by atoms with Gasteiger partial charge >= 0.3 is 6.18 Å². The Balaban J connectivity index is 3.01. The smallest absolute Gasteiger partial charge is 0.395 e. The van der Waals surface area contributed by atoms with Crippen LogP contribution >= 0.6 is 23.2 Å². The van der Waals surface area contributed by atoms with Crippen LogP contribution in [0.25, 0.3) is 0 Å². The van der Waals surface area contributed by atoms with Crippen molar-refractivity contribution in [2.45, 2.75) is 10.7 Å². The molecule has 0 heterocycles. The van der Waals surface area contributed by atoms with Gasteiger partial charge in [-0.25, -0.2) is 0 Å². The zero-order valence-electron chi connectivity index (χ0n) is 7.61. The normalized spacial score (nSPS) is 13.1. The van der Waals surface area contributed by atoms with Crippen molar-refractivity contribution in [2.75, 3.05) is 0 Å². The van der Waals surface area contributed by atoms with Gasteiger partial charge in [0, 0.05) is 5.56 Å². The van der Waals surface area contributed by atoms with Gasteiger partial charge in [0.25, 0.3) is 0 Å². The largest absolute Gasteiger partial charge is 0.416 e. The van der Waals surface area contributed by atoms with Crippen molar-refractivity contribution in [1.82, 2.24) is 0 Å². The molecule has 0 unspecified atom stereocenters. The SMILES string of the molecule is FC(F)(F)c1ccc(C(Cl)(Cl)O[SiH3])cc1. The van der Waals surface area contributed by atoms with Crippen LogP contribution in [-0.2, 0) is 15.1 Å². The van der Waals surface area contributed by atoms with E-state index in [0.29, 0.717) is 0 Å². The Morgan fingerprint density at radius 2 is 1.40 bits per heavy atom. The first-order valence-electron chi connectivity index (χ1n) is 3.88. The Labute approximate surface area is 97.7 Å². The average Bonchev–Trinajstić information content (AvgIpc) is 2.17. The molecule has 0 aromatic heterocycles. The lowest BCUT2D eigenvalue weighted by Crippen LogP contribution is -2.14. The number of halogens is 5. The van der Waals surface area contributed by atoms with E-state index in [-0.39, 0.29) is 16.0 Å². The van der Waals surface area contributed by atoms with Crippen molar-refractivity contribution in [3.63, 3.8) is 0 Å². The van der Waals surface area contributed by atoms with E-state index < -0.39 is 16.3 Å². The molecule has 0 N–H and O–H groups in total. The lowest BCUT2D eigenvalue weighted by atomic mass is 10.1. The molecule has 0 amide bonds. The van der Waals surface area contributed by atoms with Crippen LogP contribution in [0.2, 0.25) is 0 Å². The van der Waals surface area contributed by atoms with Gasteiger partial charge in [0.05, 0.1) is 5.56 Å². The number of rotatable bonds is 2. The molecule has 0 saturated heterocycles. The molecule has 1 aromatic carbocycles. The molecular formula is C8H7Cl2F3OSi. The van der Waals surface area contributed by atoms with Crippen LogP contribution in [0.3, 0.4) is 0 Å². The van der Waals surface area contributed by atoms with E-state index in [9.17, 15) is 13.2 Å². The molecule has 84 valence electrons. The zero-order chi connectivity index (χ0) is 11.7. The summed E-state index contributed by atoms with van der Waals surface area (Å²) < 4.78 is 39.9. The third kappa shape index (κ3) is 3.11. The quantitative estimate of drug-likeness (QED) is 0.595. The summed E-state index contributed by atoms with van der Waals surface area (Å²) in [4.78, 5) is 0. The van der Waals surface area contributed by atoms with Gasteiger partial charge < -0.3 is 4.43 Å². The highest BCUT2D eigenvalue weighted by molar-refractivity contribution is 6.47. The Hall–Kier alpha value is -0.233. The maximum Gasteiger partial charge on any atom is 0.416 e. The summed E-state index contributed by atoms with van der Waals surface area (Å²) in [6, 6.07) is 4.21. The molecule has 0 radical (unpaired) electrons. The third-order valence-corrected chi connectivity index (χ3v) is 3.68. The zero-order valence-corrected chi connectivity index (χ0v) is 11.1. The van der Waals surface area contributed by atoms with E-state index in [0.717, 1.165) is 12.1 Å². The van der Waals surface area contributed by atoms with Crippen LogP contribution in [0.4, 0.5) is 13.2 Å². The summed E-state index contributed by atoms with van der Waals surface area (Å²) in [5.41, 5.74) is -0.461. The summed E-state index contributed by atoms with van der Waals surface area (Å²) in [5, 5.41) is 0. The lowest BCUT2D eigenvalue weighted by Gasteiger charge is -2.19. The fraction of sp³-hybridized carbons (Fsp3) is 0.250. The first kappa shape index (κ1) is 12.8. The summed E-state index contributed by atoms with van der Waals surface area (Å²) in [6.07, 6.45) is -4.36. The van der Waals surface area contributed by atoms with E-state index in [4.69, 9.17) is 27.6 Å². The number of hydrogen-bond donors (Lipinski definition) is 0. The van der Waals surface area contributed by atoms with Gasteiger partial charge in [-0.1, -0.05) is 35.3 Å². The first-order valence-corrected chi connectivity index (χ1v) is 5.45. The van der Waals surface area contributed by atoms with Gasteiger partial charge in [-0.05, 0) is 12.1 Å². The summed E-state index contributed by atoms with van der Waals surface area (Å²) >= 11 is 11.4. The van der Waals surface area contributed by atoms with E-state index in [1.165, 1.54) is 12.1 Å². The van der Waals surface area contributed by atoms with Crippen LogP contribution in [0.5, 0.6) is 0 Å². The maximum atomic E-state index is 12.2. The second-order valence-corrected chi connectivity index (χ2v) is 4.46. The molecule has 0 saturated carbocycles. The van der Waals surface area contributed by atoms with Crippen molar-refractivity contribution in [1.29, 1.82) is 0 Å². The van der Waals surface area contributed by atoms with E-state index in [1.807, 2.05) is 0 Å². The van der Waals surface area contributed by atoms with Gasteiger partial charge in [0.1, 0.15) is 10.5 Å². The minimum Gasteiger partial charge on any atom is -0.395 e. The van der Waals surface area contributed by atoms with Crippen molar-refractivity contribution in [3.8, 4) is 0 Å². The Bertz CT molecular complexity index is 337. The molecule has 0 bridgehead atoms. The Morgan fingerprint density at radius 1 is 1.00 bits per heavy atom. The van der Waals surface area contributed by atoms with Crippen molar-refractivity contribution in [3.05, 3.63) is 35.4 Å². The minimum absolute atomic E-state index is 0.285. The predicted octanol–water partition coefficient (Wildman–Crippen LogP) is 2.59. The molecule has 0 atom stereocenters. The molecule has 0 aliphatic rings. The average molecular weight is 275 g/mol. The molecule has 0 aliphatic heterocycles. The minimum atomic E-state index is -4.36. The molecule has 1 rings (SSSR count). The Kier molecular flexibility index (Phi) is 3.70. The summed E-state index contributed by atoms with van der Waals surface area (Å²) in [6.45, 7) is 0. The van der Waals surface area contributed by atoms with Crippen LogP contribution in [0.1, 0.15) is 11.1 Å². The van der Waals surface area contributed by atoms with Gasteiger partial charge in [-0.15, -0.1) is 0 Å². The summed E-state index contributed by atoms with van der Waals surface area (Å²) in [7, 11) is 0.285. The van der Waals surface area contributed by atoms with Crippen LogP contribution in [0, 0.1) is 0 Å². The van der Waals surface area contributed by atoms with Gasteiger partial charge in [-0.2, -0.15) is 13.2 Å². The molecule has 0 fully saturated rings. The molecule has 7 heteroatoms. The number of alkyl halides is 5. The first-order chi connectivity index (χ1) is 6.77. The topological polar surface area (TPSA) is 9.23 Å². The number of hydrogen-bond acceptors (Lipinski definition) is 1. The molecule has 0 aliphatic carbocycles. The molecule has 1 aromatic rings. The van der Waals surface area contributed by atoms with Gasteiger partial charge in [-0.3, -0.25) is 0 Å². The molecule has 1 nitrogen and oxygen atoms in total. The lowest BCUT2D eigenvalue weighted by molar-refractivity contribution is -0.137.